The van der Waals surface area contributed by atoms with Crippen molar-refractivity contribution in [3.05, 3.63) is 18.5 Å². The summed E-state index contributed by atoms with van der Waals surface area (Å²) in [6.07, 6.45) is 9.87. The number of aliphatic hydroxyl groups excluding tert-OH is 1. The van der Waals surface area contributed by atoms with Crippen LogP contribution in [0.5, 0.6) is 0 Å². The van der Waals surface area contributed by atoms with Crippen molar-refractivity contribution in [2.75, 3.05) is 44.2 Å². The van der Waals surface area contributed by atoms with Gasteiger partial charge in [0.1, 0.15) is 12.7 Å². The predicted octanol–water partition coefficient (Wildman–Crippen LogP) is 2.14. The summed E-state index contributed by atoms with van der Waals surface area (Å²) in [6.45, 7) is 4.02. The Balaban J connectivity index is 0.00000218. The summed E-state index contributed by atoms with van der Waals surface area (Å²) in [5.74, 6) is 2.90. The Kier molecular flexibility index (Phi) is 6.51. The average Bonchev–Trinajstić information content (AvgIpc) is 2.72. The molecule has 1 N–H and O–H groups in total. The van der Waals surface area contributed by atoms with Gasteiger partial charge in [0, 0.05) is 45.1 Å². The molecule has 1 aromatic heterocycles. The molecule has 0 aromatic carbocycles. The van der Waals surface area contributed by atoms with Gasteiger partial charge in [0.15, 0.2) is 0 Å². The van der Waals surface area contributed by atoms with E-state index in [9.17, 15) is 9.90 Å². The molecule has 1 unspecified atom stereocenters. The second-order valence-corrected chi connectivity index (χ2v) is 9.79. The largest absolute Gasteiger partial charge is 0.462 e. The third-order valence-electron chi connectivity index (χ3n) is 7.55. The average molecular weight is 437 g/mol. The topological polar surface area (TPSA) is 78.8 Å². The molecular formula is C22H33ClN4O3. The number of ether oxygens (including phenoxy) is 1. The summed E-state index contributed by atoms with van der Waals surface area (Å²) in [5, 5.41) is 10.5. The van der Waals surface area contributed by atoms with Crippen LogP contribution < -0.4 is 4.90 Å². The molecule has 2 heterocycles. The van der Waals surface area contributed by atoms with Crippen LogP contribution in [0.4, 0.5) is 5.95 Å². The minimum Gasteiger partial charge on any atom is -0.462 e. The molecular weight excluding hydrogens is 404 g/mol. The van der Waals surface area contributed by atoms with Gasteiger partial charge < -0.3 is 14.7 Å². The lowest BCUT2D eigenvalue weighted by molar-refractivity contribution is -0.174. The Bertz CT molecular complexity index is 691. The molecule has 4 saturated carbocycles. The van der Waals surface area contributed by atoms with Crippen molar-refractivity contribution in [2.24, 2.45) is 23.2 Å². The van der Waals surface area contributed by atoms with Gasteiger partial charge in [-0.2, -0.15) is 0 Å². The molecule has 5 fully saturated rings. The van der Waals surface area contributed by atoms with Crippen LogP contribution in [0.25, 0.3) is 0 Å². The Labute approximate surface area is 184 Å². The number of rotatable bonds is 6. The maximum Gasteiger partial charge on any atom is 0.312 e. The standard InChI is InChI=1S/C22H32N4O3.ClH/c27-19(14-25-4-6-26(7-5-25)21-23-2-1-3-24-21)15-29-20(28)22-11-16-8-17(12-22)10-18(9-16)13-22;/h1-3,16-19,27H,4-15H2;1H. The molecule has 1 aliphatic heterocycles. The number of nitrogens with zero attached hydrogens (tertiary/aromatic N) is 4. The van der Waals surface area contributed by atoms with Crippen molar-refractivity contribution in [1.29, 1.82) is 0 Å². The van der Waals surface area contributed by atoms with E-state index in [1.807, 2.05) is 6.07 Å². The molecule has 0 radical (unpaired) electrons. The number of aromatic nitrogens is 2. The van der Waals surface area contributed by atoms with Gasteiger partial charge in [-0.3, -0.25) is 9.69 Å². The van der Waals surface area contributed by atoms with Crippen molar-refractivity contribution in [3.63, 3.8) is 0 Å². The van der Waals surface area contributed by atoms with E-state index < -0.39 is 6.10 Å². The number of halogens is 1. The second-order valence-electron chi connectivity index (χ2n) is 9.79. The fourth-order valence-electron chi connectivity index (χ4n) is 6.62. The molecule has 1 aromatic rings. The Hall–Kier alpha value is -1.44. The quantitative estimate of drug-likeness (QED) is 0.684. The molecule has 4 bridgehead atoms. The van der Waals surface area contributed by atoms with Crippen LogP contribution >= 0.6 is 12.4 Å². The van der Waals surface area contributed by atoms with Gasteiger partial charge in [0.25, 0.3) is 0 Å². The van der Waals surface area contributed by atoms with Crippen molar-refractivity contribution in [2.45, 2.75) is 44.6 Å². The zero-order valence-electron chi connectivity index (χ0n) is 17.5. The molecule has 30 heavy (non-hydrogen) atoms. The third-order valence-corrected chi connectivity index (χ3v) is 7.55. The number of hydrogen-bond acceptors (Lipinski definition) is 7. The number of hydrogen-bond donors (Lipinski definition) is 1. The molecule has 166 valence electrons. The summed E-state index contributed by atoms with van der Waals surface area (Å²) in [4.78, 5) is 25.9. The number of anilines is 1. The number of β-amino-alcohol motifs (C(OH)–C–C–N with tert-alkyl or cyclic N) is 1. The van der Waals surface area contributed by atoms with Crippen molar-refractivity contribution >= 4 is 24.3 Å². The number of aliphatic hydroxyl groups is 1. The van der Waals surface area contributed by atoms with Crippen molar-refractivity contribution in [1.82, 2.24) is 14.9 Å². The lowest BCUT2D eigenvalue weighted by Crippen LogP contribution is -2.51. The van der Waals surface area contributed by atoms with Crippen LogP contribution in [0.3, 0.4) is 0 Å². The number of esters is 1. The van der Waals surface area contributed by atoms with Crippen LogP contribution in [-0.2, 0) is 9.53 Å². The highest BCUT2D eigenvalue weighted by molar-refractivity contribution is 5.85. The lowest BCUT2D eigenvalue weighted by Gasteiger charge is -2.55. The minimum atomic E-state index is -0.632. The summed E-state index contributed by atoms with van der Waals surface area (Å²) in [5.41, 5.74) is -0.240. The Morgan fingerprint density at radius 3 is 2.20 bits per heavy atom. The molecule has 1 saturated heterocycles. The van der Waals surface area contributed by atoms with E-state index in [0.29, 0.717) is 6.54 Å². The Morgan fingerprint density at radius 1 is 1.07 bits per heavy atom. The Morgan fingerprint density at radius 2 is 1.63 bits per heavy atom. The first kappa shape index (κ1) is 21.8. The van der Waals surface area contributed by atoms with E-state index in [2.05, 4.69) is 19.8 Å². The number of carbonyl (C=O) groups excluding carboxylic acids is 1. The molecule has 6 rings (SSSR count). The maximum atomic E-state index is 12.9. The van der Waals surface area contributed by atoms with Gasteiger partial charge in [-0.25, -0.2) is 9.97 Å². The molecule has 5 aliphatic rings. The zero-order chi connectivity index (χ0) is 19.8. The van der Waals surface area contributed by atoms with E-state index >= 15 is 0 Å². The van der Waals surface area contributed by atoms with Crippen LogP contribution in [-0.4, -0.2) is 71.4 Å². The SMILES string of the molecule is Cl.O=C(OCC(O)CN1CCN(c2ncccn2)CC1)C12CC3CC(CC(C3)C1)C2. The van der Waals surface area contributed by atoms with Crippen LogP contribution in [0.15, 0.2) is 18.5 Å². The monoisotopic (exact) mass is 436 g/mol. The van der Waals surface area contributed by atoms with Crippen LogP contribution in [0.2, 0.25) is 0 Å². The van der Waals surface area contributed by atoms with Gasteiger partial charge >= 0.3 is 5.97 Å². The van der Waals surface area contributed by atoms with E-state index in [-0.39, 0.29) is 30.4 Å². The molecule has 0 amide bonds. The van der Waals surface area contributed by atoms with Gasteiger partial charge in [-0.1, -0.05) is 0 Å². The summed E-state index contributed by atoms with van der Waals surface area (Å²) in [6, 6.07) is 1.82. The van der Waals surface area contributed by atoms with Crippen LogP contribution in [0.1, 0.15) is 38.5 Å². The van der Waals surface area contributed by atoms with Crippen molar-refractivity contribution < 1.29 is 14.6 Å². The second kappa shape index (κ2) is 8.97. The van der Waals surface area contributed by atoms with E-state index in [1.54, 1.807) is 12.4 Å². The van der Waals surface area contributed by atoms with Crippen molar-refractivity contribution in [3.8, 4) is 0 Å². The minimum absolute atomic E-state index is 0. The first-order chi connectivity index (χ1) is 14.1. The first-order valence-corrected chi connectivity index (χ1v) is 11.2. The highest BCUT2D eigenvalue weighted by Crippen LogP contribution is 2.60. The summed E-state index contributed by atoms with van der Waals surface area (Å²) >= 11 is 0. The first-order valence-electron chi connectivity index (χ1n) is 11.2. The van der Waals surface area contributed by atoms with Gasteiger partial charge in [-0.15, -0.1) is 12.4 Å². The number of carbonyl (C=O) groups is 1. The highest BCUT2D eigenvalue weighted by Gasteiger charge is 2.55. The highest BCUT2D eigenvalue weighted by atomic mass is 35.5. The normalized spacial score (nSPS) is 33.8. The zero-order valence-corrected chi connectivity index (χ0v) is 18.3. The molecule has 8 heteroatoms. The van der Waals surface area contributed by atoms with Gasteiger partial charge in [0.2, 0.25) is 5.95 Å². The smallest absolute Gasteiger partial charge is 0.312 e. The maximum absolute atomic E-state index is 12.9. The fraction of sp³-hybridized carbons (Fsp3) is 0.773. The predicted molar refractivity (Wildman–Crippen MR) is 116 cm³/mol. The summed E-state index contributed by atoms with van der Waals surface area (Å²) < 4.78 is 5.67. The fourth-order valence-corrected chi connectivity index (χ4v) is 6.62. The van der Waals surface area contributed by atoms with Crippen LogP contribution in [0, 0.1) is 23.2 Å². The number of piperazine rings is 1. The summed E-state index contributed by atoms with van der Waals surface area (Å²) in [7, 11) is 0. The molecule has 1 atom stereocenters. The van der Waals surface area contributed by atoms with Gasteiger partial charge in [-0.05, 0) is 62.3 Å². The van der Waals surface area contributed by atoms with E-state index in [0.717, 1.165) is 69.1 Å². The van der Waals surface area contributed by atoms with Gasteiger partial charge in [0.05, 0.1) is 5.41 Å². The molecule has 7 nitrogen and oxygen atoms in total. The third kappa shape index (κ3) is 4.43. The lowest BCUT2D eigenvalue weighted by atomic mass is 9.49. The van der Waals surface area contributed by atoms with E-state index in [1.165, 1.54) is 19.3 Å². The van der Waals surface area contributed by atoms with E-state index in [4.69, 9.17) is 4.74 Å². The molecule has 4 aliphatic carbocycles. The molecule has 0 spiro atoms.